The molecule has 0 spiro atoms. The molecule has 4 rings (SSSR count). The average molecular weight is 426 g/mol. The molecule has 3 fully saturated rings. The van der Waals surface area contributed by atoms with Crippen molar-refractivity contribution in [1.82, 2.24) is 5.32 Å². The minimum Gasteiger partial charge on any atom is -0.396 e. The Bertz CT molecular complexity index is 808. The van der Waals surface area contributed by atoms with Crippen molar-refractivity contribution in [1.29, 1.82) is 0 Å². The van der Waals surface area contributed by atoms with Crippen molar-refractivity contribution in [3.8, 4) is 0 Å². The molecule has 0 bridgehead atoms. The van der Waals surface area contributed by atoms with Crippen LogP contribution in [0.15, 0.2) is 42.5 Å². The Hall–Kier alpha value is -1.65. The highest BCUT2D eigenvalue weighted by Crippen LogP contribution is 2.63. The van der Waals surface area contributed by atoms with Gasteiger partial charge in [-0.15, -0.1) is 0 Å². The lowest BCUT2D eigenvalue weighted by molar-refractivity contribution is -0.0928. The number of aliphatic hydroxyl groups is 2. The first-order chi connectivity index (χ1) is 14.8. The van der Waals surface area contributed by atoms with Gasteiger partial charge in [0.1, 0.15) is 0 Å². The van der Waals surface area contributed by atoms with Gasteiger partial charge in [-0.3, -0.25) is 4.79 Å². The predicted octanol–water partition coefficient (Wildman–Crippen LogP) is 4.57. The van der Waals surface area contributed by atoms with Gasteiger partial charge in [0, 0.05) is 18.7 Å². The SMILES string of the molecule is C=C1CC[C@H]2[C@H](CNC(=O)c3ccccc3)[C@@H]([C@]3(C)CC[C@H](O)C[C@@H]3CO)CC[C@]12C. The normalized spacial score (nSPS) is 40.4. The molecule has 0 radical (unpaired) electrons. The second-order valence-corrected chi connectivity index (χ2v) is 10.9. The van der Waals surface area contributed by atoms with Crippen LogP contribution in [0.2, 0.25) is 0 Å². The standard InChI is InChI=1S/C27H39NO3/c1-18-9-10-23-22(16-28-25(31)19-7-5-4-6-8-19)24(12-14-26(18,23)2)27(3)13-11-21(30)15-20(27)17-29/h4-8,20-24,29-30H,1,9-17H2,2-3H3,(H,28,31)/t20-,21+,22+,23+,24+,26-,27-/m1/s1. The van der Waals surface area contributed by atoms with E-state index in [1.165, 1.54) is 5.57 Å². The third-order valence-electron chi connectivity index (χ3n) is 9.50. The van der Waals surface area contributed by atoms with E-state index >= 15 is 0 Å². The molecule has 31 heavy (non-hydrogen) atoms. The topological polar surface area (TPSA) is 69.6 Å². The number of amides is 1. The van der Waals surface area contributed by atoms with Crippen LogP contribution in [0.25, 0.3) is 0 Å². The third kappa shape index (κ3) is 3.98. The fraction of sp³-hybridized carbons (Fsp3) is 0.667. The Morgan fingerprint density at radius 3 is 2.58 bits per heavy atom. The lowest BCUT2D eigenvalue weighted by Gasteiger charge is -2.56. The first-order valence-corrected chi connectivity index (χ1v) is 12.1. The van der Waals surface area contributed by atoms with Gasteiger partial charge >= 0.3 is 0 Å². The van der Waals surface area contributed by atoms with Crippen molar-refractivity contribution in [2.75, 3.05) is 13.2 Å². The maximum atomic E-state index is 12.8. The molecule has 0 aromatic heterocycles. The van der Waals surface area contributed by atoms with Gasteiger partial charge in [0.25, 0.3) is 5.91 Å². The molecule has 4 heteroatoms. The van der Waals surface area contributed by atoms with Crippen molar-refractivity contribution in [2.45, 2.75) is 64.9 Å². The number of hydrogen-bond acceptors (Lipinski definition) is 3. The molecule has 3 N–H and O–H groups in total. The average Bonchev–Trinajstić information content (AvgIpc) is 3.08. The molecular formula is C27H39NO3. The summed E-state index contributed by atoms with van der Waals surface area (Å²) in [5.41, 5.74) is 2.21. The van der Waals surface area contributed by atoms with Gasteiger partial charge in [-0.25, -0.2) is 0 Å². The van der Waals surface area contributed by atoms with Crippen molar-refractivity contribution >= 4 is 5.91 Å². The Labute approximate surface area is 187 Å². The van der Waals surface area contributed by atoms with E-state index < -0.39 is 0 Å². The first kappa shape index (κ1) is 22.5. The predicted molar refractivity (Wildman–Crippen MR) is 124 cm³/mol. The Morgan fingerprint density at radius 2 is 1.87 bits per heavy atom. The molecule has 170 valence electrons. The van der Waals surface area contributed by atoms with Crippen molar-refractivity contribution < 1.29 is 15.0 Å². The monoisotopic (exact) mass is 425 g/mol. The zero-order valence-electron chi connectivity index (χ0n) is 19.1. The summed E-state index contributed by atoms with van der Waals surface area (Å²) in [4.78, 5) is 12.8. The number of fused-ring (bicyclic) bond motifs is 1. The van der Waals surface area contributed by atoms with Gasteiger partial charge in [-0.2, -0.15) is 0 Å². The zero-order chi connectivity index (χ0) is 22.2. The second kappa shape index (κ2) is 8.71. The smallest absolute Gasteiger partial charge is 0.251 e. The maximum Gasteiger partial charge on any atom is 0.251 e. The second-order valence-electron chi connectivity index (χ2n) is 10.9. The van der Waals surface area contributed by atoms with Gasteiger partial charge in [0.05, 0.1) is 6.10 Å². The number of carbonyl (C=O) groups is 1. The highest BCUT2D eigenvalue weighted by atomic mass is 16.3. The van der Waals surface area contributed by atoms with Crippen LogP contribution in [0.5, 0.6) is 0 Å². The molecule has 1 aromatic rings. The van der Waals surface area contributed by atoms with E-state index in [9.17, 15) is 15.0 Å². The summed E-state index contributed by atoms with van der Waals surface area (Å²) in [6.07, 6.45) is 6.58. The molecule has 0 unspecified atom stereocenters. The van der Waals surface area contributed by atoms with Crippen molar-refractivity contribution in [2.24, 2.45) is 34.5 Å². The summed E-state index contributed by atoms with van der Waals surface area (Å²) in [6, 6.07) is 9.45. The van der Waals surface area contributed by atoms with E-state index in [1.807, 2.05) is 30.3 Å². The molecule has 3 saturated carbocycles. The van der Waals surface area contributed by atoms with Gasteiger partial charge in [0.15, 0.2) is 0 Å². The van der Waals surface area contributed by atoms with Gasteiger partial charge in [-0.05, 0) is 91.6 Å². The highest BCUT2D eigenvalue weighted by molar-refractivity contribution is 5.94. The van der Waals surface area contributed by atoms with Crippen LogP contribution in [-0.4, -0.2) is 35.4 Å². The van der Waals surface area contributed by atoms with Crippen LogP contribution in [0.3, 0.4) is 0 Å². The molecule has 0 aliphatic heterocycles. The number of nitrogens with one attached hydrogen (secondary N) is 1. The molecule has 1 aromatic carbocycles. The highest BCUT2D eigenvalue weighted by Gasteiger charge is 2.56. The minimum absolute atomic E-state index is 0.00798. The summed E-state index contributed by atoms with van der Waals surface area (Å²) in [5.74, 6) is 1.41. The van der Waals surface area contributed by atoms with Crippen LogP contribution in [0, 0.1) is 34.5 Å². The number of hydrogen-bond donors (Lipinski definition) is 3. The van der Waals surface area contributed by atoms with Crippen LogP contribution in [0.4, 0.5) is 0 Å². The lowest BCUT2D eigenvalue weighted by Crippen LogP contribution is -2.53. The van der Waals surface area contributed by atoms with E-state index in [4.69, 9.17) is 0 Å². The van der Waals surface area contributed by atoms with Gasteiger partial charge in [0.2, 0.25) is 0 Å². The summed E-state index contributed by atoms with van der Waals surface area (Å²) in [6.45, 7) is 9.94. The van der Waals surface area contributed by atoms with Crippen LogP contribution in [0.1, 0.15) is 69.2 Å². The van der Waals surface area contributed by atoms with Crippen molar-refractivity contribution in [3.05, 3.63) is 48.0 Å². The minimum atomic E-state index is -0.304. The number of aliphatic hydroxyl groups excluding tert-OH is 2. The molecule has 0 heterocycles. The van der Waals surface area contributed by atoms with E-state index in [-0.39, 0.29) is 35.4 Å². The Balaban J connectivity index is 1.60. The quantitative estimate of drug-likeness (QED) is 0.605. The summed E-state index contributed by atoms with van der Waals surface area (Å²) in [7, 11) is 0. The molecule has 4 nitrogen and oxygen atoms in total. The maximum absolute atomic E-state index is 12.8. The van der Waals surface area contributed by atoms with E-state index in [0.29, 0.717) is 36.3 Å². The fourth-order valence-corrected chi connectivity index (χ4v) is 7.37. The van der Waals surface area contributed by atoms with E-state index in [0.717, 1.165) is 38.5 Å². The molecule has 3 aliphatic carbocycles. The summed E-state index contributed by atoms with van der Waals surface area (Å²) in [5, 5.41) is 23.7. The van der Waals surface area contributed by atoms with Crippen LogP contribution < -0.4 is 5.32 Å². The number of rotatable bonds is 5. The number of benzene rings is 1. The van der Waals surface area contributed by atoms with Crippen molar-refractivity contribution in [3.63, 3.8) is 0 Å². The van der Waals surface area contributed by atoms with E-state index in [1.54, 1.807) is 0 Å². The molecule has 0 saturated heterocycles. The Kier molecular flexibility index (Phi) is 6.33. The lowest BCUT2D eigenvalue weighted by atomic mass is 9.49. The van der Waals surface area contributed by atoms with Gasteiger partial charge in [-0.1, -0.05) is 44.2 Å². The molecule has 1 amide bonds. The fourth-order valence-electron chi connectivity index (χ4n) is 7.37. The number of allylic oxidation sites excluding steroid dienone is 1. The number of carbonyl (C=O) groups excluding carboxylic acids is 1. The molecule has 3 aliphatic rings. The first-order valence-electron chi connectivity index (χ1n) is 12.1. The van der Waals surface area contributed by atoms with E-state index in [2.05, 4.69) is 25.7 Å². The summed E-state index contributed by atoms with van der Waals surface area (Å²) >= 11 is 0. The molecule has 7 atom stereocenters. The summed E-state index contributed by atoms with van der Waals surface area (Å²) < 4.78 is 0. The Morgan fingerprint density at radius 1 is 1.13 bits per heavy atom. The third-order valence-corrected chi connectivity index (χ3v) is 9.50. The van der Waals surface area contributed by atoms with Gasteiger partial charge < -0.3 is 15.5 Å². The van der Waals surface area contributed by atoms with Crippen LogP contribution in [-0.2, 0) is 0 Å². The largest absolute Gasteiger partial charge is 0.396 e. The van der Waals surface area contributed by atoms with Crippen LogP contribution >= 0.6 is 0 Å². The molecular weight excluding hydrogens is 386 g/mol. The zero-order valence-corrected chi connectivity index (χ0v) is 19.1.